The van der Waals surface area contributed by atoms with Crippen LogP contribution in [0.1, 0.15) is 31.4 Å². The van der Waals surface area contributed by atoms with Gasteiger partial charge in [0.25, 0.3) is 0 Å². The van der Waals surface area contributed by atoms with Crippen LogP contribution in [0, 0.1) is 5.92 Å². The van der Waals surface area contributed by atoms with Crippen molar-refractivity contribution in [2.45, 2.75) is 33.2 Å². The zero-order valence-corrected chi connectivity index (χ0v) is 11.1. The molecule has 0 bridgehead atoms. The normalized spacial score (nSPS) is 15.7. The molecule has 0 amide bonds. The van der Waals surface area contributed by atoms with Crippen molar-refractivity contribution in [2.24, 2.45) is 5.92 Å². The number of halogens is 1. The minimum absolute atomic E-state index is 0. The largest absolute Gasteiger partial charge is 0.299 e. The molecule has 0 radical (unpaired) electrons. The third-order valence-corrected chi connectivity index (χ3v) is 3.23. The second kappa shape index (κ2) is 6.27. The van der Waals surface area contributed by atoms with Crippen LogP contribution < -0.4 is 0 Å². The molecule has 0 N–H and O–H groups in total. The average molecular weight is 240 g/mol. The standard InChI is InChI=1S/C14H21N.ClH/c1-12(2)7-9-15-10-8-13-5-3-4-6-14(13)11-15;/h3-6,12H,7-11H2,1-2H3;1H. The second-order valence-corrected chi connectivity index (χ2v) is 4.98. The summed E-state index contributed by atoms with van der Waals surface area (Å²) >= 11 is 0. The smallest absolute Gasteiger partial charge is 0.0236 e. The van der Waals surface area contributed by atoms with Crippen LogP contribution in [0.25, 0.3) is 0 Å². The fraction of sp³-hybridized carbons (Fsp3) is 0.571. The fourth-order valence-electron chi connectivity index (χ4n) is 2.19. The summed E-state index contributed by atoms with van der Waals surface area (Å²) in [5.74, 6) is 0.821. The van der Waals surface area contributed by atoms with E-state index in [1.165, 1.54) is 31.5 Å². The van der Waals surface area contributed by atoms with Gasteiger partial charge in [-0.05, 0) is 36.4 Å². The fourth-order valence-corrected chi connectivity index (χ4v) is 2.19. The Morgan fingerprint density at radius 2 is 1.88 bits per heavy atom. The SMILES string of the molecule is CC(C)CCN1CCc2ccccc2C1.Cl. The van der Waals surface area contributed by atoms with Crippen molar-refractivity contribution in [3.63, 3.8) is 0 Å². The Morgan fingerprint density at radius 3 is 2.56 bits per heavy atom. The molecule has 1 aliphatic heterocycles. The number of nitrogens with zero attached hydrogens (tertiary/aromatic N) is 1. The lowest BCUT2D eigenvalue weighted by Gasteiger charge is -2.29. The van der Waals surface area contributed by atoms with E-state index in [2.05, 4.69) is 43.0 Å². The molecular formula is C14H22ClN. The van der Waals surface area contributed by atoms with E-state index in [0.717, 1.165) is 12.5 Å². The van der Waals surface area contributed by atoms with E-state index in [9.17, 15) is 0 Å². The maximum absolute atomic E-state index is 2.59. The molecule has 1 heterocycles. The van der Waals surface area contributed by atoms with E-state index < -0.39 is 0 Å². The molecule has 90 valence electrons. The number of hydrogen-bond acceptors (Lipinski definition) is 1. The number of benzene rings is 1. The van der Waals surface area contributed by atoms with Gasteiger partial charge in [-0.3, -0.25) is 4.90 Å². The first kappa shape index (κ1) is 13.5. The topological polar surface area (TPSA) is 3.24 Å². The second-order valence-electron chi connectivity index (χ2n) is 4.98. The van der Waals surface area contributed by atoms with E-state index in [1.54, 1.807) is 5.56 Å². The van der Waals surface area contributed by atoms with Gasteiger partial charge in [-0.2, -0.15) is 0 Å². The van der Waals surface area contributed by atoms with Crippen molar-refractivity contribution in [3.8, 4) is 0 Å². The van der Waals surface area contributed by atoms with Crippen LogP contribution in [-0.4, -0.2) is 18.0 Å². The first-order valence-corrected chi connectivity index (χ1v) is 6.05. The molecule has 1 nitrogen and oxygen atoms in total. The summed E-state index contributed by atoms with van der Waals surface area (Å²) in [4.78, 5) is 2.59. The molecule has 0 saturated carbocycles. The summed E-state index contributed by atoms with van der Waals surface area (Å²) < 4.78 is 0. The minimum atomic E-state index is 0. The van der Waals surface area contributed by atoms with E-state index in [1.807, 2.05) is 0 Å². The van der Waals surface area contributed by atoms with Crippen LogP contribution in [0.5, 0.6) is 0 Å². The maximum Gasteiger partial charge on any atom is 0.0236 e. The summed E-state index contributed by atoms with van der Waals surface area (Å²) in [5, 5.41) is 0. The highest BCUT2D eigenvalue weighted by atomic mass is 35.5. The molecule has 0 unspecified atom stereocenters. The summed E-state index contributed by atoms with van der Waals surface area (Å²) in [7, 11) is 0. The van der Waals surface area contributed by atoms with Gasteiger partial charge in [0.15, 0.2) is 0 Å². The molecule has 0 spiro atoms. The quantitative estimate of drug-likeness (QED) is 0.780. The van der Waals surface area contributed by atoms with Gasteiger partial charge in [-0.1, -0.05) is 38.1 Å². The molecule has 0 fully saturated rings. The van der Waals surface area contributed by atoms with Gasteiger partial charge in [0, 0.05) is 13.1 Å². The molecule has 1 aromatic carbocycles. The van der Waals surface area contributed by atoms with Gasteiger partial charge >= 0.3 is 0 Å². The Hall–Kier alpha value is -0.530. The van der Waals surface area contributed by atoms with Gasteiger partial charge in [-0.25, -0.2) is 0 Å². The van der Waals surface area contributed by atoms with Crippen LogP contribution in [0.4, 0.5) is 0 Å². The lowest BCUT2D eigenvalue weighted by atomic mass is 9.99. The molecule has 2 heteroatoms. The highest BCUT2D eigenvalue weighted by molar-refractivity contribution is 5.85. The van der Waals surface area contributed by atoms with Crippen LogP contribution in [-0.2, 0) is 13.0 Å². The average Bonchev–Trinajstić information content (AvgIpc) is 2.26. The summed E-state index contributed by atoms with van der Waals surface area (Å²) in [6.45, 7) is 8.26. The predicted molar refractivity (Wildman–Crippen MR) is 72.1 cm³/mol. The minimum Gasteiger partial charge on any atom is -0.299 e. The first-order chi connectivity index (χ1) is 7.25. The highest BCUT2D eigenvalue weighted by Crippen LogP contribution is 2.18. The van der Waals surface area contributed by atoms with E-state index in [-0.39, 0.29) is 12.4 Å². The van der Waals surface area contributed by atoms with Crippen LogP contribution in [0.3, 0.4) is 0 Å². The Balaban J connectivity index is 0.00000128. The molecule has 0 aliphatic carbocycles. The lowest BCUT2D eigenvalue weighted by molar-refractivity contribution is 0.239. The van der Waals surface area contributed by atoms with Crippen molar-refractivity contribution in [2.75, 3.05) is 13.1 Å². The summed E-state index contributed by atoms with van der Waals surface area (Å²) in [6, 6.07) is 8.86. The van der Waals surface area contributed by atoms with Gasteiger partial charge in [0.05, 0.1) is 0 Å². The Bertz CT molecular complexity index is 322. The third kappa shape index (κ3) is 3.50. The predicted octanol–water partition coefficient (Wildman–Crippen LogP) is 3.51. The number of rotatable bonds is 3. The Kier molecular flexibility index (Phi) is 5.30. The molecular weight excluding hydrogens is 218 g/mol. The Labute approximate surface area is 105 Å². The monoisotopic (exact) mass is 239 g/mol. The summed E-state index contributed by atoms with van der Waals surface area (Å²) in [5.41, 5.74) is 3.09. The van der Waals surface area contributed by atoms with Crippen LogP contribution in [0.2, 0.25) is 0 Å². The van der Waals surface area contributed by atoms with Crippen molar-refractivity contribution in [1.29, 1.82) is 0 Å². The van der Waals surface area contributed by atoms with Crippen molar-refractivity contribution in [1.82, 2.24) is 4.90 Å². The molecule has 0 atom stereocenters. The Morgan fingerprint density at radius 1 is 1.19 bits per heavy atom. The molecule has 16 heavy (non-hydrogen) atoms. The molecule has 1 aromatic rings. The van der Waals surface area contributed by atoms with Crippen LogP contribution in [0.15, 0.2) is 24.3 Å². The van der Waals surface area contributed by atoms with E-state index in [0.29, 0.717) is 0 Å². The molecule has 1 aliphatic rings. The van der Waals surface area contributed by atoms with Gasteiger partial charge in [-0.15, -0.1) is 12.4 Å². The maximum atomic E-state index is 2.59. The summed E-state index contributed by atoms with van der Waals surface area (Å²) in [6.07, 6.45) is 2.55. The number of fused-ring (bicyclic) bond motifs is 1. The van der Waals surface area contributed by atoms with E-state index in [4.69, 9.17) is 0 Å². The zero-order valence-electron chi connectivity index (χ0n) is 10.3. The van der Waals surface area contributed by atoms with Gasteiger partial charge < -0.3 is 0 Å². The van der Waals surface area contributed by atoms with Crippen molar-refractivity contribution in [3.05, 3.63) is 35.4 Å². The van der Waals surface area contributed by atoms with E-state index >= 15 is 0 Å². The van der Waals surface area contributed by atoms with Crippen molar-refractivity contribution >= 4 is 12.4 Å². The first-order valence-electron chi connectivity index (χ1n) is 6.05. The van der Waals surface area contributed by atoms with Gasteiger partial charge in [0.1, 0.15) is 0 Å². The van der Waals surface area contributed by atoms with Crippen LogP contribution >= 0.6 is 12.4 Å². The molecule has 0 saturated heterocycles. The zero-order chi connectivity index (χ0) is 10.7. The number of hydrogen-bond donors (Lipinski definition) is 0. The van der Waals surface area contributed by atoms with Crippen molar-refractivity contribution < 1.29 is 0 Å². The molecule has 2 rings (SSSR count). The van der Waals surface area contributed by atoms with Gasteiger partial charge in [0.2, 0.25) is 0 Å². The highest BCUT2D eigenvalue weighted by Gasteiger charge is 2.14. The molecule has 0 aromatic heterocycles. The third-order valence-electron chi connectivity index (χ3n) is 3.23. The lowest BCUT2D eigenvalue weighted by Crippen LogP contribution is -2.31.